The summed E-state index contributed by atoms with van der Waals surface area (Å²) in [7, 11) is -3.31. The number of sulfone groups is 1. The first-order valence-corrected chi connectivity index (χ1v) is 8.27. The summed E-state index contributed by atoms with van der Waals surface area (Å²) in [5.41, 5.74) is 7.06. The van der Waals surface area contributed by atoms with Crippen LogP contribution in [0.15, 0.2) is 23.1 Å². The summed E-state index contributed by atoms with van der Waals surface area (Å²) in [5.74, 6) is 0.232. The van der Waals surface area contributed by atoms with Crippen LogP contribution >= 0.6 is 0 Å². The third-order valence-corrected chi connectivity index (χ3v) is 4.72. The molecule has 1 atom stereocenters. The van der Waals surface area contributed by atoms with Gasteiger partial charge in [-0.25, -0.2) is 8.42 Å². The van der Waals surface area contributed by atoms with Gasteiger partial charge >= 0.3 is 0 Å². The molecule has 1 aliphatic rings. The average molecular weight is 284 g/mol. The summed E-state index contributed by atoms with van der Waals surface area (Å²) in [6.45, 7) is 1.71. The molecule has 1 aliphatic heterocycles. The van der Waals surface area contributed by atoms with Gasteiger partial charge in [0.15, 0.2) is 9.84 Å². The van der Waals surface area contributed by atoms with Crippen molar-refractivity contribution in [2.24, 2.45) is 5.92 Å². The maximum absolute atomic E-state index is 11.7. The molecule has 6 heteroatoms. The standard InChI is InChI=1S/C13H20N2O3S/c1-19(17,18)12-6-2-5-11(13(12)14)15-7-3-4-10(8-15)9-16/h2,5-6,10,16H,3-4,7-9,14H2,1H3. The molecule has 2 rings (SSSR count). The molecule has 0 spiro atoms. The first kappa shape index (κ1) is 14.1. The third-order valence-electron chi connectivity index (χ3n) is 3.56. The largest absolute Gasteiger partial charge is 0.396 e. The van der Waals surface area contributed by atoms with E-state index in [2.05, 4.69) is 4.90 Å². The molecule has 0 bridgehead atoms. The molecule has 1 unspecified atom stereocenters. The van der Waals surface area contributed by atoms with Gasteiger partial charge in [-0.15, -0.1) is 0 Å². The number of para-hydroxylation sites is 1. The summed E-state index contributed by atoms with van der Waals surface area (Å²) in [6.07, 6.45) is 3.14. The maximum atomic E-state index is 11.7. The van der Waals surface area contributed by atoms with Gasteiger partial charge in [0.1, 0.15) is 0 Å². The predicted molar refractivity (Wildman–Crippen MR) is 76.0 cm³/mol. The lowest BCUT2D eigenvalue weighted by atomic mass is 9.98. The number of hydrogen-bond acceptors (Lipinski definition) is 5. The van der Waals surface area contributed by atoms with Crippen molar-refractivity contribution < 1.29 is 13.5 Å². The van der Waals surface area contributed by atoms with E-state index in [-0.39, 0.29) is 17.4 Å². The van der Waals surface area contributed by atoms with Gasteiger partial charge < -0.3 is 15.7 Å². The molecule has 0 amide bonds. The second kappa shape index (κ2) is 5.38. The highest BCUT2D eigenvalue weighted by molar-refractivity contribution is 7.90. The number of nitrogens with zero attached hydrogens (tertiary/aromatic N) is 1. The number of nitrogens with two attached hydrogens (primary N) is 1. The molecule has 106 valence electrons. The molecule has 0 saturated carbocycles. The number of aliphatic hydroxyl groups excluding tert-OH is 1. The van der Waals surface area contributed by atoms with E-state index in [1.54, 1.807) is 6.07 Å². The molecule has 19 heavy (non-hydrogen) atoms. The Kier molecular flexibility index (Phi) is 4.01. The molecule has 0 radical (unpaired) electrons. The van der Waals surface area contributed by atoms with Gasteiger partial charge in [-0.3, -0.25) is 0 Å². The van der Waals surface area contributed by atoms with Crippen LogP contribution in [-0.2, 0) is 9.84 Å². The predicted octanol–water partition coefficient (Wildman–Crippen LogP) is 0.881. The van der Waals surface area contributed by atoms with Crippen LogP contribution in [0.1, 0.15) is 12.8 Å². The molecule has 3 N–H and O–H groups in total. The second-order valence-electron chi connectivity index (χ2n) is 5.10. The highest BCUT2D eigenvalue weighted by atomic mass is 32.2. The molecule has 0 aromatic heterocycles. The lowest BCUT2D eigenvalue weighted by Gasteiger charge is -2.34. The first-order valence-electron chi connectivity index (χ1n) is 6.38. The highest BCUT2D eigenvalue weighted by Gasteiger charge is 2.23. The monoisotopic (exact) mass is 284 g/mol. The average Bonchev–Trinajstić information content (AvgIpc) is 2.37. The van der Waals surface area contributed by atoms with Crippen molar-refractivity contribution in [3.05, 3.63) is 18.2 Å². The molecule has 1 saturated heterocycles. The zero-order chi connectivity index (χ0) is 14.0. The van der Waals surface area contributed by atoms with Crippen molar-refractivity contribution in [3.8, 4) is 0 Å². The van der Waals surface area contributed by atoms with E-state index in [9.17, 15) is 13.5 Å². The molecule has 1 aromatic carbocycles. The Balaban J connectivity index is 2.35. The van der Waals surface area contributed by atoms with E-state index in [4.69, 9.17) is 5.73 Å². The second-order valence-corrected chi connectivity index (χ2v) is 7.08. The Labute approximate surface area is 113 Å². The molecular formula is C13H20N2O3S. The SMILES string of the molecule is CS(=O)(=O)c1cccc(N2CCCC(CO)C2)c1N. The van der Waals surface area contributed by atoms with Gasteiger partial charge in [0.25, 0.3) is 0 Å². The quantitative estimate of drug-likeness (QED) is 0.805. The van der Waals surface area contributed by atoms with Gasteiger partial charge in [-0.2, -0.15) is 0 Å². The molecular weight excluding hydrogens is 264 g/mol. The molecule has 1 fully saturated rings. The Morgan fingerprint density at radius 1 is 1.47 bits per heavy atom. The first-order chi connectivity index (χ1) is 8.93. The van der Waals surface area contributed by atoms with E-state index in [1.807, 2.05) is 6.07 Å². The van der Waals surface area contributed by atoms with Crippen molar-refractivity contribution in [2.45, 2.75) is 17.7 Å². The van der Waals surface area contributed by atoms with Crippen molar-refractivity contribution in [2.75, 3.05) is 36.6 Å². The Morgan fingerprint density at radius 2 is 2.21 bits per heavy atom. The van der Waals surface area contributed by atoms with E-state index in [1.165, 1.54) is 6.07 Å². The molecule has 5 nitrogen and oxygen atoms in total. The smallest absolute Gasteiger partial charge is 0.177 e. The summed E-state index contributed by atoms with van der Waals surface area (Å²) < 4.78 is 23.3. The zero-order valence-corrected chi connectivity index (χ0v) is 11.9. The van der Waals surface area contributed by atoms with E-state index < -0.39 is 9.84 Å². The van der Waals surface area contributed by atoms with E-state index >= 15 is 0 Å². The highest BCUT2D eigenvalue weighted by Crippen LogP contribution is 2.32. The number of nitrogen functional groups attached to an aromatic ring is 1. The van der Waals surface area contributed by atoms with Gasteiger partial charge in [-0.05, 0) is 30.9 Å². The number of benzene rings is 1. The molecule has 1 heterocycles. The van der Waals surface area contributed by atoms with Gasteiger partial charge in [-0.1, -0.05) is 6.07 Å². The summed E-state index contributed by atoms with van der Waals surface area (Å²) in [4.78, 5) is 2.24. The third kappa shape index (κ3) is 3.01. The summed E-state index contributed by atoms with van der Waals surface area (Å²) in [5, 5.41) is 9.26. The summed E-state index contributed by atoms with van der Waals surface area (Å²) >= 11 is 0. The Hall–Kier alpha value is -1.27. The lowest BCUT2D eigenvalue weighted by molar-refractivity contribution is 0.209. The van der Waals surface area contributed by atoms with Crippen LogP contribution in [0.4, 0.5) is 11.4 Å². The van der Waals surface area contributed by atoms with E-state index in [0.29, 0.717) is 12.2 Å². The van der Waals surface area contributed by atoms with Crippen LogP contribution in [0, 0.1) is 5.92 Å². The Morgan fingerprint density at radius 3 is 2.84 bits per heavy atom. The number of rotatable bonds is 3. The minimum atomic E-state index is -3.31. The van der Waals surface area contributed by atoms with Crippen LogP contribution in [0.25, 0.3) is 0 Å². The van der Waals surface area contributed by atoms with E-state index in [0.717, 1.165) is 31.3 Å². The molecule has 1 aromatic rings. The number of hydrogen-bond donors (Lipinski definition) is 2. The van der Waals surface area contributed by atoms with Crippen molar-refractivity contribution in [3.63, 3.8) is 0 Å². The number of piperidine rings is 1. The van der Waals surface area contributed by atoms with Gasteiger partial charge in [0.05, 0.1) is 16.3 Å². The fraction of sp³-hybridized carbons (Fsp3) is 0.538. The minimum absolute atomic E-state index is 0.155. The van der Waals surface area contributed by atoms with Crippen molar-refractivity contribution in [1.29, 1.82) is 0 Å². The van der Waals surface area contributed by atoms with Crippen LogP contribution in [0.5, 0.6) is 0 Å². The van der Waals surface area contributed by atoms with Gasteiger partial charge in [0, 0.05) is 26.0 Å². The van der Waals surface area contributed by atoms with Crippen LogP contribution in [-0.4, -0.2) is 39.5 Å². The normalized spacial score (nSPS) is 20.5. The summed E-state index contributed by atoms with van der Waals surface area (Å²) in [6, 6.07) is 5.08. The Bertz CT molecular complexity index is 557. The van der Waals surface area contributed by atoms with Crippen LogP contribution in [0.2, 0.25) is 0 Å². The van der Waals surface area contributed by atoms with Crippen molar-refractivity contribution >= 4 is 21.2 Å². The van der Waals surface area contributed by atoms with Crippen LogP contribution in [0.3, 0.4) is 0 Å². The van der Waals surface area contributed by atoms with Crippen LogP contribution < -0.4 is 10.6 Å². The van der Waals surface area contributed by atoms with Crippen molar-refractivity contribution in [1.82, 2.24) is 0 Å². The maximum Gasteiger partial charge on any atom is 0.177 e. The lowest BCUT2D eigenvalue weighted by Crippen LogP contribution is -2.37. The number of aliphatic hydroxyl groups is 1. The topological polar surface area (TPSA) is 83.6 Å². The molecule has 0 aliphatic carbocycles. The minimum Gasteiger partial charge on any atom is -0.396 e. The zero-order valence-electron chi connectivity index (χ0n) is 11.0. The van der Waals surface area contributed by atoms with Gasteiger partial charge in [0.2, 0.25) is 0 Å². The number of anilines is 2. The fourth-order valence-corrected chi connectivity index (χ4v) is 3.39. The fourth-order valence-electron chi connectivity index (χ4n) is 2.56.